The van der Waals surface area contributed by atoms with Crippen molar-refractivity contribution in [1.82, 2.24) is 0 Å². The standard InChI is InChI=1S/C20H20N2O3S3/c1-26-17-9-5-4-8-16(17)22-18(23)12-25-19(24)15-7-3-2-6-14(15)13-28-20-21-10-11-27-20/h2-9H,10-13H2,1H3,(H,22,23). The maximum atomic E-state index is 12.5. The number of hydrogen-bond acceptors (Lipinski definition) is 7. The number of ether oxygens (including phenoxy) is 1. The molecule has 0 spiro atoms. The summed E-state index contributed by atoms with van der Waals surface area (Å²) in [7, 11) is 0. The lowest BCUT2D eigenvalue weighted by atomic mass is 10.1. The van der Waals surface area contributed by atoms with Crippen molar-refractivity contribution in [2.24, 2.45) is 4.99 Å². The van der Waals surface area contributed by atoms with Crippen LogP contribution in [0.15, 0.2) is 58.4 Å². The number of benzene rings is 2. The molecule has 3 rings (SSSR count). The summed E-state index contributed by atoms with van der Waals surface area (Å²) in [4.78, 5) is 30.0. The number of para-hydroxylation sites is 1. The fourth-order valence-electron chi connectivity index (χ4n) is 2.53. The van der Waals surface area contributed by atoms with Gasteiger partial charge < -0.3 is 10.1 Å². The molecule has 146 valence electrons. The normalized spacial score (nSPS) is 13.1. The van der Waals surface area contributed by atoms with E-state index in [0.717, 1.165) is 27.1 Å². The topological polar surface area (TPSA) is 67.8 Å². The van der Waals surface area contributed by atoms with Crippen molar-refractivity contribution < 1.29 is 14.3 Å². The minimum absolute atomic E-state index is 0.328. The van der Waals surface area contributed by atoms with Gasteiger partial charge in [0.2, 0.25) is 0 Å². The molecule has 0 unspecified atom stereocenters. The Morgan fingerprint density at radius 3 is 2.75 bits per heavy atom. The molecule has 0 aromatic heterocycles. The smallest absolute Gasteiger partial charge is 0.338 e. The molecule has 2 aromatic carbocycles. The monoisotopic (exact) mass is 432 g/mol. The average Bonchev–Trinajstić information content (AvgIpc) is 3.25. The van der Waals surface area contributed by atoms with Gasteiger partial charge in [-0.25, -0.2) is 4.79 Å². The van der Waals surface area contributed by atoms with E-state index in [2.05, 4.69) is 10.3 Å². The van der Waals surface area contributed by atoms with Gasteiger partial charge in [-0.3, -0.25) is 9.79 Å². The fraction of sp³-hybridized carbons (Fsp3) is 0.250. The van der Waals surface area contributed by atoms with Crippen LogP contribution in [0.4, 0.5) is 5.69 Å². The van der Waals surface area contributed by atoms with Crippen LogP contribution in [0.2, 0.25) is 0 Å². The molecular weight excluding hydrogens is 412 g/mol. The van der Waals surface area contributed by atoms with Crippen molar-refractivity contribution in [2.45, 2.75) is 10.6 Å². The molecule has 8 heteroatoms. The number of aliphatic imine (C=N–C) groups is 1. The molecule has 0 saturated carbocycles. The largest absolute Gasteiger partial charge is 0.452 e. The second-order valence-corrected chi connectivity index (χ2v) is 8.92. The van der Waals surface area contributed by atoms with Gasteiger partial charge in [0.25, 0.3) is 5.91 Å². The minimum Gasteiger partial charge on any atom is -0.452 e. The molecular formula is C20H20N2O3S3. The van der Waals surface area contributed by atoms with Crippen molar-refractivity contribution in [2.75, 3.05) is 30.5 Å². The number of carbonyl (C=O) groups excluding carboxylic acids is 2. The first-order valence-corrected chi connectivity index (χ1v) is 11.8. The van der Waals surface area contributed by atoms with Crippen LogP contribution < -0.4 is 5.32 Å². The highest BCUT2D eigenvalue weighted by Gasteiger charge is 2.16. The van der Waals surface area contributed by atoms with Gasteiger partial charge in [-0.2, -0.15) is 0 Å². The van der Waals surface area contributed by atoms with Gasteiger partial charge in [0.15, 0.2) is 6.61 Å². The summed E-state index contributed by atoms with van der Waals surface area (Å²) in [6.07, 6.45) is 1.94. The third-order valence-corrected chi connectivity index (χ3v) is 6.96. The summed E-state index contributed by atoms with van der Waals surface area (Å²) in [6, 6.07) is 14.8. The highest BCUT2D eigenvalue weighted by Crippen LogP contribution is 2.27. The molecule has 1 aliphatic rings. The zero-order valence-corrected chi connectivity index (χ0v) is 17.8. The lowest BCUT2D eigenvalue weighted by molar-refractivity contribution is -0.119. The Morgan fingerprint density at radius 2 is 1.96 bits per heavy atom. The predicted molar refractivity (Wildman–Crippen MR) is 120 cm³/mol. The summed E-state index contributed by atoms with van der Waals surface area (Å²) < 4.78 is 6.30. The van der Waals surface area contributed by atoms with E-state index >= 15 is 0 Å². The summed E-state index contributed by atoms with van der Waals surface area (Å²) in [6.45, 7) is 0.525. The molecule has 0 bridgehead atoms. The Labute approximate surface area is 177 Å². The molecule has 0 atom stereocenters. The Kier molecular flexibility index (Phi) is 7.88. The number of anilines is 1. The van der Waals surface area contributed by atoms with E-state index in [4.69, 9.17) is 4.74 Å². The van der Waals surface area contributed by atoms with Crippen LogP contribution >= 0.6 is 35.3 Å². The number of nitrogens with one attached hydrogen (secondary N) is 1. The predicted octanol–water partition coefficient (Wildman–Crippen LogP) is 4.54. The molecule has 0 aliphatic carbocycles. The van der Waals surface area contributed by atoms with E-state index in [0.29, 0.717) is 17.0 Å². The van der Waals surface area contributed by atoms with Gasteiger partial charge in [0.1, 0.15) is 4.38 Å². The third kappa shape index (κ3) is 5.80. The van der Waals surface area contributed by atoms with Crippen LogP contribution in [0, 0.1) is 0 Å². The molecule has 0 saturated heterocycles. The molecule has 28 heavy (non-hydrogen) atoms. The molecule has 2 aromatic rings. The first-order valence-electron chi connectivity index (χ1n) is 8.65. The number of nitrogens with zero attached hydrogens (tertiary/aromatic N) is 1. The quantitative estimate of drug-likeness (QED) is 0.512. The van der Waals surface area contributed by atoms with Crippen LogP contribution in [-0.4, -0.2) is 41.4 Å². The molecule has 0 radical (unpaired) electrons. The first-order chi connectivity index (χ1) is 13.7. The lowest BCUT2D eigenvalue weighted by Crippen LogP contribution is -2.21. The van der Waals surface area contributed by atoms with Crippen LogP contribution in [0.5, 0.6) is 0 Å². The maximum absolute atomic E-state index is 12.5. The maximum Gasteiger partial charge on any atom is 0.338 e. The Hall–Kier alpha value is -1.90. The van der Waals surface area contributed by atoms with Crippen LogP contribution in [0.3, 0.4) is 0 Å². The van der Waals surface area contributed by atoms with Crippen molar-refractivity contribution in [3.63, 3.8) is 0 Å². The van der Waals surface area contributed by atoms with Gasteiger partial charge in [-0.05, 0) is 30.0 Å². The summed E-state index contributed by atoms with van der Waals surface area (Å²) in [5.74, 6) is 0.800. The van der Waals surface area contributed by atoms with Gasteiger partial charge in [0, 0.05) is 16.4 Å². The third-order valence-electron chi connectivity index (χ3n) is 3.86. The highest BCUT2D eigenvalue weighted by atomic mass is 32.2. The first kappa shape index (κ1) is 20.8. The molecule has 5 nitrogen and oxygen atoms in total. The Morgan fingerprint density at radius 1 is 1.18 bits per heavy atom. The number of amides is 1. The summed E-state index contributed by atoms with van der Waals surface area (Å²) >= 11 is 4.90. The Bertz CT molecular complexity index is 887. The SMILES string of the molecule is CSc1ccccc1NC(=O)COC(=O)c1ccccc1CSC1=NCCS1. The average molecular weight is 433 g/mol. The van der Waals surface area contributed by atoms with Crippen molar-refractivity contribution in [3.05, 3.63) is 59.7 Å². The van der Waals surface area contributed by atoms with Crippen molar-refractivity contribution >= 4 is 57.2 Å². The van der Waals surface area contributed by atoms with Crippen molar-refractivity contribution in [1.29, 1.82) is 0 Å². The molecule has 1 N–H and O–H groups in total. The van der Waals surface area contributed by atoms with E-state index in [1.54, 1.807) is 47.4 Å². The van der Waals surface area contributed by atoms with Crippen molar-refractivity contribution in [3.8, 4) is 0 Å². The van der Waals surface area contributed by atoms with Crippen LogP contribution in [-0.2, 0) is 15.3 Å². The zero-order chi connectivity index (χ0) is 19.8. The van der Waals surface area contributed by atoms with E-state index < -0.39 is 5.97 Å². The highest BCUT2D eigenvalue weighted by molar-refractivity contribution is 8.38. The minimum atomic E-state index is -0.495. The van der Waals surface area contributed by atoms with E-state index in [1.165, 1.54) is 0 Å². The Balaban J connectivity index is 1.56. The second-order valence-electron chi connectivity index (χ2n) is 5.77. The number of rotatable bonds is 7. The zero-order valence-electron chi connectivity index (χ0n) is 15.3. The van der Waals surface area contributed by atoms with E-state index in [-0.39, 0.29) is 12.5 Å². The molecule has 0 fully saturated rings. The fourth-order valence-corrected chi connectivity index (χ4v) is 5.10. The van der Waals surface area contributed by atoms with Gasteiger partial charge >= 0.3 is 5.97 Å². The van der Waals surface area contributed by atoms with E-state index in [1.807, 2.05) is 42.7 Å². The lowest BCUT2D eigenvalue weighted by Gasteiger charge is -2.11. The number of esters is 1. The van der Waals surface area contributed by atoms with Gasteiger partial charge in [0.05, 0.1) is 17.8 Å². The molecule has 1 aliphatic heterocycles. The number of hydrogen-bond donors (Lipinski definition) is 1. The van der Waals surface area contributed by atoms with Crippen LogP contribution in [0.1, 0.15) is 15.9 Å². The molecule has 1 heterocycles. The van der Waals surface area contributed by atoms with Gasteiger partial charge in [-0.15, -0.1) is 11.8 Å². The number of carbonyl (C=O) groups is 2. The summed E-state index contributed by atoms with van der Waals surface area (Å²) in [5, 5.41) is 2.79. The second kappa shape index (κ2) is 10.6. The summed E-state index contributed by atoms with van der Waals surface area (Å²) in [5.41, 5.74) is 2.07. The molecule has 1 amide bonds. The number of thioether (sulfide) groups is 3. The van der Waals surface area contributed by atoms with Crippen LogP contribution in [0.25, 0.3) is 0 Å². The van der Waals surface area contributed by atoms with Gasteiger partial charge in [-0.1, -0.05) is 53.9 Å². The van der Waals surface area contributed by atoms with E-state index in [9.17, 15) is 9.59 Å².